The van der Waals surface area contributed by atoms with Crippen molar-refractivity contribution in [2.45, 2.75) is 52.9 Å². The minimum absolute atomic E-state index is 0.0294. The number of nitrogens with zero attached hydrogens (tertiary/aromatic N) is 2. The van der Waals surface area contributed by atoms with E-state index in [0.717, 1.165) is 44.5 Å². The second-order valence-corrected chi connectivity index (χ2v) is 7.47. The van der Waals surface area contributed by atoms with Crippen molar-refractivity contribution in [1.82, 2.24) is 9.97 Å². The van der Waals surface area contributed by atoms with Gasteiger partial charge in [-0.1, -0.05) is 69.2 Å². The zero-order chi connectivity index (χ0) is 19.9. The number of unbranched alkanes of at least 4 members (excludes halogenated alkanes) is 2. The maximum atomic E-state index is 12.6. The van der Waals surface area contributed by atoms with Gasteiger partial charge >= 0.3 is 0 Å². The average molecular weight is 378 g/mol. The minimum Gasteiger partial charge on any atom is -0.342 e. The quantitative estimate of drug-likeness (QED) is 0.555. The van der Waals surface area contributed by atoms with Crippen LogP contribution in [0.1, 0.15) is 56.4 Å². The number of H-pyrrole nitrogens is 1. The second kappa shape index (κ2) is 9.54. The molecule has 28 heavy (non-hydrogen) atoms. The third-order valence-corrected chi connectivity index (χ3v) is 5.34. The molecule has 0 spiro atoms. The van der Waals surface area contributed by atoms with E-state index in [-0.39, 0.29) is 5.56 Å². The highest BCUT2D eigenvalue weighted by Gasteiger charge is 2.14. The van der Waals surface area contributed by atoms with E-state index in [1.807, 2.05) is 6.92 Å². The third kappa shape index (κ3) is 4.61. The molecule has 0 fully saturated rings. The molecule has 1 heterocycles. The van der Waals surface area contributed by atoms with Crippen LogP contribution < -0.4 is 10.5 Å². The molecule has 0 atom stereocenters. The number of nitrogens with one attached hydrogen (secondary N) is 1. The fourth-order valence-corrected chi connectivity index (χ4v) is 3.54. The van der Waals surface area contributed by atoms with Crippen LogP contribution in [0.2, 0.25) is 0 Å². The summed E-state index contributed by atoms with van der Waals surface area (Å²) in [5.74, 6) is 0.715. The fourth-order valence-electron chi connectivity index (χ4n) is 3.54. The number of rotatable bonds is 9. The Labute approximate surface area is 167 Å². The monoisotopic (exact) mass is 377 g/mol. The Morgan fingerprint density at radius 1 is 0.964 bits per heavy atom. The first kappa shape index (κ1) is 20.1. The van der Waals surface area contributed by atoms with E-state index < -0.39 is 0 Å². The molecule has 148 valence electrons. The number of aromatic nitrogens is 2. The Bertz CT molecular complexity index is 964. The van der Waals surface area contributed by atoms with Crippen molar-refractivity contribution >= 4 is 16.7 Å². The minimum atomic E-state index is -0.0294. The number of hydrogen-bond acceptors (Lipinski definition) is 3. The number of benzene rings is 2. The third-order valence-electron chi connectivity index (χ3n) is 5.34. The highest BCUT2D eigenvalue weighted by Crippen LogP contribution is 2.22. The molecule has 1 aromatic heterocycles. The van der Waals surface area contributed by atoms with Crippen molar-refractivity contribution in [2.75, 3.05) is 18.0 Å². The second-order valence-electron chi connectivity index (χ2n) is 7.47. The molecule has 3 aromatic rings. The Morgan fingerprint density at radius 3 is 2.36 bits per heavy atom. The average Bonchev–Trinajstić information content (AvgIpc) is 2.71. The summed E-state index contributed by atoms with van der Waals surface area (Å²) in [6.45, 7) is 8.11. The SMILES string of the molecule is CCCCN(CCCC)c1nc(Cc2cccc3ccccc23)c(C)c(=O)[nH]1. The first-order valence-electron chi connectivity index (χ1n) is 10.5. The van der Waals surface area contributed by atoms with Gasteiger partial charge in [0.2, 0.25) is 5.95 Å². The molecule has 3 rings (SSSR count). The standard InChI is InChI=1S/C24H31N3O/c1-4-6-15-27(16-7-5-2)24-25-22(18(3)23(28)26-24)17-20-13-10-12-19-11-8-9-14-21(19)20/h8-14H,4-7,15-17H2,1-3H3,(H,25,26,28). The predicted octanol–water partition coefficient (Wildman–Crippen LogP) is 5.23. The van der Waals surface area contributed by atoms with Crippen LogP contribution in [0, 0.1) is 6.92 Å². The molecule has 2 aromatic carbocycles. The number of fused-ring (bicyclic) bond motifs is 1. The Hall–Kier alpha value is -2.62. The molecule has 0 amide bonds. The summed E-state index contributed by atoms with van der Waals surface area (Å²) in [5, 5.41) is 2.44. The molecular formula is C24H31N3O. The lowest BCUT2D eigenvalue weighted by molar-refractivity contribution is 0.659. The van der Waals surface area contributed by atoms with E-state index in [4.69, 9.17) is 4.98 Å². The largest absolute Gasteiger partial charge is 0.342 e. The van der Waals surface area contributed by atoms with E-state index in [1.54, 1.807) is 0 Å². The van der Waals surface area contributed by atoms with Gasteiger partial charge in [-0.3, -0.25) is 9.78 Å². The number of hydrogen-bond donors (Lipinski definition) is 1. The maximum absolute atomic E-state index is 12.6. The topological polar surface area (TPSA) is 49.0 Å². The molecule has 0 aliphatic heterocycles. The van der Waals surface area contributed by atoms with Gasteiger partial charge in [0.15, 0.2) is 0 Å². The zero-order valence-corrected chi connectivity index (χ0v) is 17.3. The van der Waals surface area contributed by atoms with Crippen LogP contribution in [-0.2, 0) is 6.42 Å². The summed E-state index contributed by atoms with van der Waals surface area (Å²) in [4.78, 5) is 22.8. The van der Waals surface area contributed by atoms with Gasteiger partial charge in [0, 0.05) is 25.1 Å². The van der Waals surface area contributed by atoms with Gasteiger partial charge in [0.1, 0.15) is 0 Å². The fraction of sp³-hybridized carbons (Fsp3) is 0.417. The lowest BCUT2D eigenvalue weighted by atomic mass is 9.99. The van der Waals surface area contributed by atoms with Gasteiger partial charge in [-0.05, 0) is 36.1 Å². The number of aromatic amines is 1. The summed E-state index contributed by atoms with van der Waals surface area (Å²) in [6.07, 6.45) is 5.11. The van der Waals surface area contributed by atoms with Crippen LogP contribution in [0.5, 0.6) is 0 Å². The van der Waals surface area contributed by atoms with Crippen LogP contribution in [0.25, 0.3) is 10.8 Å². The van der Waals surface area contributed by atoms with E-state index in [1.165, 1.54) is 16.3 Å². The molecule has 0 radical (unpaired) electrons. The smallest absolute Gasteiger partial charge is 0.255 e. The molecule has 1 N–H and O–H groups in total. The van der Waals surface area contributed by atoms with Gasteiger partial charge in [0.05, 0.1) is 5.69 Å². The van der Waals surface area contributed by atoms with E-state index in [9.17, 15) is 4.79 Å². The lowest BCUT2D eigenvalue weighted by Gasteiger charge is -2.23. The van der Waals surface area contributed by atoms with Crippen molar-refractivity contribution in [1.29, 1.82) is 0 Å². The molecule has 4 nitrogen and oxygen atoms in total. The molecule has 0 aliphatic carbocycles. The predicted molar refractivity (Wildman–Crippen MR) is 118 cm³/mol. The van der Waals surface area contributed by atoms with Crippen molar-refractivity contribution in [3.63, 3.8) is 0 Å². The van der Waals surface area contributed by atoms with Crippen molar-refractivity contribution < 1.29 is 0 Å². The molecule has 0 bridgehead atoms. The van der Waals surface area contributed by atoms with E-state index >= 15 is 0 Å². The van der Waals surface area contributed by atoms with Crippen molar-refractivity contribution in [3.8, 4) is 0 Å². The van der Waals surface area contributed by atoms with Crippen molar-refractivity contribution in [2.24, 2.45) is 0 Å². The molecule has 0 saturated carbocycles. The molecule has 4 heteroatoms. The zero-order valence-electron chi connectivity index (χ0n) is 17.3. The summed E-state index contributed by atoms with van der Waals surface area (Å²) in [7, 11) is 0. The van der Waals surface area contributed by atoms with Crippen LogP contribution in [0.4, 0.5) is 5.95 Å². The van der Waals surface area contributed by atoms with Gasteiger partial charge in [-0.2, -0.15) is 0 Å². The summed E-state index contributed by atoms with van der Waals surface area (Å²) < 4.78 is 0. The Balaban J connectivity index is 1.97. The molecule has 0 saturated heterocycles. The Kier molecular flexibility index (Phi) is 6.85. The first-order valence-corrected chi connectivity index (χ1v) is 10.5. The van der Waals surface area contributed by atoms with Gasteiger partial charge < -0.3 is 4.90 Å². The Morgan fingerprint density at radius 2 is 1.64 bits per heavy atom. The summed E-state index contributed by atoms with van der Waals surface area (Å²) in [6, 6.07) is 14.7. The summed E-state index contributed by atoms with van der Waals surface area (Å²) >= 11 is 0. The van der Waals surface area contributed by atoms with Gasteiger partial charge in [-0.25, -0.2) is 4.98 Å². The van der Waals surface area contributed by atoms with Crippen LogP contribution in [0.3, 0.4) is 0 Å². The lowest BCUT2D eigenvalue weighted by Crippen LogP contribution is -2.31. The molecule has 0 unspecified atom stereocenters. The number of anilines is 1. The molecule has 0 aliphatic rings. The first-order chi connectivity index (χ1) is 13.6. The highest BCUT2D eigenvalue weighted by molar-refractivity contribution is 5.85. The van der Waals surface area contributed by atoms with Crippen LogP contribution in [-0.4, -0.2) is 23.1 Å². The van der Waals surface area contributed by atoms with Gasteiger partial charge in [0.25, 0.3) is 5.56 Å². The van der Waals surface area contributed by atoms with Crippen LogP contribution >= 0.6 is 0 Å². The summed E-state index contributed by atoms with van der Waals surface area (Å²) in [5.41, 5.74) is 2.76. The van der Waals surface area contributed by atoms with Crippen LogP contribution in [0.15, 0.2) is 47.3 Å². The normalized spacial score (nSPS) is 11.1. The maximum Gasteiger partial charge on any atom is 0.255 e. The highest BCUT2D eigenvalue weighted by atomic mass is 16.1. The van der Waals surface area contributed by atoms with Gasteiger partial charge in [-0.15, -0.1) is 0 Å². The van der Waals surface area contributed by atoms with Crippen molar-refractivity contribution in [3.05, 3.63) is 69.6 Å². The molecular weight excluding hydrogens is 346 g/mol. The van der Waals surface area contributed by atoms with E-state index in [2.05, 4.69) is 66.2 Å². The van der Waals surface area contributed by atoms with E-state index in [0.29, 0.717) is 17.9 Å².